The molecule has 0 heterocycles. The molecule has 0 aliphatic rings. The van der Waals surface area contributed by atoms with E-state index in [0.29, 0.717) is 12.1 Å². The molecule has 1 amide bonds. The van der Waals surface area contributed by atoms with Gasteiger partial charge in [0.05, 0.1) is 5.56 Å². The number of rotatable bonds is 18. The topological polar surface area (TPSA) is 89.5 Å². The maximum Gasteiger partial charge on any atom is 0.338 e. The van der Waals surface area contributed by atoms with Crippen LogP contribution in [0, 0.1) is 0 Å². The lowest BCUT2D eigenvalue weighted by atomic mass is 10.0. The fourth-order valence-electron chi connectivity index (χ4n) is 4.08. The highest BCUT2D eigenvalue weighted by atomic mass is 35.5. The van der Waals surface area contributed by atoms with E-state index < -0.39 is 29.1 Å². The van der Waals surface area contributed by atoms with Gasteiger partial charge in [-0.2, -0.15) is 0 Å². The number of halogens is 1. The fraction of sp³-hybridized carbons (Fsp3) is 0.484. The molecule has 0 radical (unpaired) electrons. The van der Waals surface area contributed by atoms with E-state index in [1.165, 1.54) is 69.2 Å². The molecule has 38 heavy (non-hydrogen) atoms. The summed E-state index contributed by atoms with van der Waals surface area (Å²) in [5, 5.41) is 1.12. The summed E-state index contributed by atoms with van der Waals surface area (Å²) in [6.45, 7) is 3.78. The minimum Gasteiger partial charge on any atom is -0.451 e. The second-order valence-corrected chi connectivity index (χ2v) is 10.0. The number of alkyl halides is 1. The van der Waals surface area contributed by atoms with Crippen molar-refractivity contribution in [1.29, 1.82) is 0 Å². The SMILES string of the molecule is CCCCCCCCCCCCC(=O)C(C)OC(=O)c1cccc(C(=O)C(Cl)C(=O)Nc2ccccc2)c1. The number of nitrogens with one attached hydrogen (secondary N) is 1. The first kappa shape index (κ1) is 31.2. The highest BCUT2D eigenvalue weighted by Crippen LogP contribution is 2.16. The zero-order chi connectivity index (χ0) is 27.8. The number of esters is 1. The molecular weight excluding hydrogens is 502 g/mol. The van der Waals surface area contributed by atoms with Crippen LogP contribution in [0.1, 0.15) is 105 Å². The number of unbranched alkanes of at least 4 members (excludes halogenated alkanes) is 9. The monoisotopic (exact) mass is 541 g/mol. The van der Waals surface area contributed by atoms with E-state index in [0.717, 1.165) is 19.3 Å². The Balaban J connectivity index is 1.76. The van der Waals surface area contributed by atoms with Crippen LogP contribution in [-0.2, 0) is 14.3 Å². The van der Waals surface area contributed by atoms with Crippen molar-refractivity contribution >= 4 is 40.7 Å². The lowest BCUT2D eigenvalue weighted by molar-refractivity contribution is -0.127. The average molecular weight is 542 g/mol. The van der Waals surface area contributed by atoms with Gasteiger partial charge in [-0.15, -0.1) is 11.6 Å². The fourth-order valence-corrected chi connectivity index (χ4v) is 4.26. The summed E-state index contributed by atoms with van der Waals surface area (Å²) in [6.07, 6.45) is 11.3. The molecule has 206 valence electrons. The molecule has 6 nitrogen and oxygen atoms in total. The second-order valence-electron chi connectivity index (χ2n) is 9.61. The predicted octanol–water partition coefficient (Wildman–Crippen LogP) is 7.54. The van der Waals surface area contributed by atoms with Gasteiger partial charge in [-0.1, -0.05) is 95.0 Å². The molecule has 0 aliphatic carbocycles. The lowest BCUT2D eigenvalue weighted by Crippen LogP contribution is -2.30. The third-order valence-corrected chi connectivity index (χ3v) is 6.79. The van der Waals surface area contributed by atoms with Gasteiger partial charge in [0.2, 0.25) is 5.91 Å². The van der Waals surface area contributed by atoms with Crippen molar-refractivity contribution in [2.24, 2.45) is 0 Å². The highest BCUT2D eigenvalue weighted by molar-refractivity contribution is 6.45. The molecule has 0 fully saturated rings. The van der Waals surface area contributed by atoms with Gasteiger partial charge < -0.3 is 10.1 Å². The van der Waals surface area contributed by atoms with Gasteiger partial charge in [-0.05, 0) is 37.6 Å². The maximum atomic E-state index is 12.8. The Morgan fingerprint density at radius 1 is 0.789 bits per heavy atom. The van der Waals surface area contributed by atoms with Gasteiger partial charge in [0.15, 0.2) is 23.0 Å². The number of amides is 1. The van der Waals surface area contributed by atoms with Crippen molar-refractivity contribution in [3.63, 3.8) is 0 Å². The van der Waals surface area contributed by atoms with Crippen LogP contribution in [0.4, 0.5) is 5.69 Å². The van der Waals surface area contributed by atoms with Gasteiger partial charge in [-0.25, -0.2) is 4.79 Å². The summed E-state index contributed by atoms with van der Waals surface area (Å²) in [5.74, 6) is -2.13. The number of carbonyl (C=O) groups excluding carboxylic acids is 4. The summed E-state index contributed by atoms with van der Waals surface area (Å²) in [5.41, 5.74) is 0.735. The highest BCUT2D eigenvalue weighted by Gasteiger charge is 2.26. The van der Waals surface area contributed by atoms with Crippen LogP contribution in [-0.4, -0.2) is 34.9 Å². The van der Waals surface area contributed by atoms with Crippen LogP contribution in [0.3, 0.4) is 0 Å². The van der Waals surface area contributed by atoms with E-state index in [1.807, 2.05) is 0 Å². The third kappa shape index (κ3) is 11.2. The Kier molecular flexibility index (Phi) is 14.4. The van der Waals surface area contributed by atoms with E-state index in [-0.39, 0.29) is 16.9 Å². The maximum absolute atomic E-state index is 12.8. The molecule has 0 spiro atoms. The number of carbonyl (C=O) groups is 4. The minimum atomic E-state index is -1.47. The molecule has 0 saturated carbocycles. The van der Waals surface area contributed by atoms with Gasteiger partial charge in [0.1, 0.15) is 0 Å². The average Bonchev–Trinajstić information content (AvgIpc) is 2.93. The molecule has 0 aromatic heterocycles. The largest absolute Gasteiger partial charge is 0.451 e. The number of ether oxygens (including phenoxy) is 1. The van der Waals surface area contributed by atoms with Crippen LogP contribution in [0.5, 0.6) is 0 Å². The smallest absolute Gasteiger partial charge is 0.338 e. The van der Waals surface area contributed by atoms with E-state index in [4.69, 9.17) is 16.3 Å². The normalized spacial score (nSPS) is 12.4. The molecule has 2 rings (SSSR count). The number of anilines is 1. The van der Waals surface area contributed by atoms with Crippen molar-refractivity contribution in [2.45, 2.75) is 96.0 Å². The first-order valence-electron chi connectivity index (χ1n) is 13.7. The van der Waals surface area contributed by atoms with Crippen LogP contribution < -0.4 is 5.32 Å². The van der Waals surface area contributed by atoms with Crippen LogP contribution in [0.25, 0.3) is 0 Å². The number of benzene rings is 2. The predicted molar refractivity (Wildman–Crippen MR) is 152 cm³/mol. The van der Waals surface area contributed by atoms with E-state index in [1.54, 1.807) is 37.3 Å². The number of hydrogen-bond donors (Lipinski definition) is 1. The molecular formula is C31H40ClNO5. The van der Waals surface area contributed by atoms with Crippen LogP contribution >= 0.6 is 11.6 Å². The second kappa shape index (κ2) is 17.5. The van der Waals surface area contributed by atoms with Crippen molar-refractivity contribution in [3.8, 4) is 0 Å². The summed E-state index contributed by atoms with van der Waals surface area (Å²) in [7, 11) is 0. The van der Waals surface area contributed by atoms with Gasteiger partial charge in [-0.3, -0.25) is 14.4 Å². The quantitative estimate of drug-likeness (QED) is 0.0692. The molecule has 0 bridgehead atoms. The lowest BCUT2D eigenvalue weighted by Gasteiger charge is -2.13. The molecule has 2 unspecified atom stereocenters. The van der Waals surface area contributed by atoms with Gasteiger partial charge in [0, 0.05) is 17.7 Å². The third-order valence-electron chi connectivity index (χ3n) is 6.40. The summed E-state index contributed by atoms with van der Waals surface area (Å²) in [4.78, 5) is 50.2. The molecule has 0 aliphatic heterocycles. The number of hydrogen-bond acceptors (Lipinski definition) is 5. The first-order valence-corrected chi connectivity index (χ1v) is 14.1. The standard InChI is InChI=1S/C31H40ClNO5/c1-3-4-5-6-7-8-9-10-11-15-21-27(34)23(2)38-31(37)25-18-16-17-24(22-25)29(35)28(32)30(36)33-26-19-13-12-14-20-26/h12-14,16-20,22-23,28H,3-11,15,21H2,1-2H3,(H,33,36). The number of ketones is 2. The van der Waals surface area contributed by atoms with Crippen molar-refractivity contribution in [3.05, 3.63) is 65.7 Å². The van der Waals surface area contributed by atoms with Gasteiger partial charge >= 0.3 is 5.97 Å². The molecule has 7 heteroatoms. The molecule has 0 saturated heterocycles. The zero-order valence-electron chi connectivity index (χ0n) is 22.5. The number of Topliss-reactive ketones (excluding diaryl/α,β-unsaturated/α-hetero) is 2. The summed E-state index contributed by atoms with van der Waals surface area (Å²) >= 11 is 6.12. The Morgan fingerprint density at radius 2 is 1.37 bits per heavy atom. The summed E-state index contributed by atoms with van der Waals surface area (Å²) in [6, 6.07) is 14.5. The van der Waals surface area contributed by atoms with Crippen molar-refractivity contribution < 1.29 is 23.9 Å². The number of para-hydroxylation sites is 1. The summed E-state index contributed by atoms with van der Waals surface area (Å²) < 4.78 is 5.35. The van der Waals surface area contributed by atoms with E-state index in [2.05, 4.69) is 12.2 Å². The molecule has 2 atom stereocenters. The van der Waals surface area contributed by atoms with E-state index in [9.17, 15) is 19.2 Å². The van der Waals surface area contributed by atoms with Gasteiger partial charge in [0.25, 0.3) is 0 Å². The van der Waals surface area contributed by atoms with E-state index >= 15 is 0 Å². The zero-order valence-corrected chi connectivity index (χ0v) is 23.3. The van der Waals surface area contributed by atoms with Crippen molar-refractivity contribution in [2.75, 3.05) is 5.32 Å². The molecule has 1 N–H and O–H groups in total. The Morgan fingerprint density at radius 3 is 2.00 bits per heavy atom. The Hall–Kier alpha value is -2.99. The van der Waals surface area contributed by atoms with Crippen molar-refractivity contribution in [1.82, 2.24) is 0 Å². The first-order chi connectivity index (χ1) is 18.3. The van der Waals surface area contributed by atoms with Crippen LogP contribution in [0.2, 0.25) is 0 Å². The molecule has 2 aromatic carbocycles. The molecule has 2 aromatic rings. The van der Waals surface area contributed by atoms with Crippen LogP contribution in [0.15, 0.2) is 54.6 Å². The minimum absolute atomic E-state index is 0.104. The Bertz CT molecular complexity index is 1040. The Labute approximate surface area is 231 Å².